The minimum atomic E-state index is 0.699. The molecular formula is C12H12N4S. The minimum Gasteiger partial charge on any atom is -0.262 e. The predicted octanol–water partition coefficient (Wildman–Crippen LogP) is 2.59. The Hall–Kier alpha value is -1.80. The van der Waals surface area contributed by atoms with E-state index in [9.17, 15) is 0 Å². The van der Waals surface area contributed by atoms with Crippen LogP contribution in [0.2, 0.25) is 0 Å². The van der Waals surface area contributed by atoms with Crippen molar-refractivity contribution in [2.24, 2.45) is 0 Å². The van der Waals surface area contributed by atoms with Crippen LogP contribution in [0.25, 0.3) is 0 Å². The third kappa shape index (κ3) is 2.86. The van der Waals surface area contributed by atoms with Gasteiger partial charge < -0.3 is 0 Å². The Labute approximate surface area is 104 Å². The van der Waals surface area contributed by atoms with Gasteiger partial charge in [0.25, 0.3) is 0 Å². The molecule has 0 unspecified atom stereocenters. The normalized spacial score (nSPS) is 10.2. The van der Waals surface area contributed by atoms with Gasteiger partial charge in [-0.25, -0.2) is 4.98 Å². The molecule has 1 aromatic carbocycles. The van der Waals surface area contributed by atoms with Crippen LogP contribution < -0.4 is 0 Å². The fraction of sp³-hybridized carbons (Fsp3) is 0.250. The molecule has 0 amide bonds. The van der Waals surface area contributed by atoms with Gasteiger partial charge in [-0.05, 0) is 37.1 Å². The maximum Gasteiger partial charge on any atom is 0.208 e. The van der Waals surface area contributed by atoms with E-state index < -0.39 is 0 Å². The average molecular weight is 244 g/mol. The van der Waals surface area contributed by atoms with E-state index in [0.717, 1.165) is 22.3 Å². The van der Waals surface area contributed by atoms with E-state index in [-0.39, 0.29) is 0 Å². The second-order valence-electron chi connectivity index (χ2n) is 3.75. The first kappa shape index (κ1) is 11.7. The molecule has 0 fully saturated rings. The second-order valence-corrected chi connectivity index (χ2v) is 4.69. The number of nitrogens with one attached hydrogen (secondary N) is 1. The highest BCUT2D eigenvalue weighted by Gasteiger charge is 2.04. The Morgan fingerprint density at radius 2 is 2.24 bits per heavy atom. The van der Waals surface area contributed by atoms with Gasteiger partial charge in [0.1, 0.15) is 5.82 Å². The van der Waals surface area contributed by atoms with Crippen LogP contribution in [-0.2, 0) is 5.75 Å². The van der Waals surface area contributed by atoms with E-state index in [2.05, 4.69) is 21.3 Å². The number of nitriles is 1. The fourth-order valence-electron chi connectivity index (χ4n) is 1.46. The molecule has 1 N–H and O–H groups in total. The number of hydrogen-bond acceptors (Lipinski definition) is 4. The minimum absolute atomic E-state index is 0.699. The summed E-state index contributed by atoms with van der Waals surface area (Å²) in [5.41, 5.74) is 3.03. The van der Waals surface area contributed by atoms with E-state index in [1.807, 2.05) is 32.0 Å². The maximum atomic E-state index is 8.78. The van der Waals surface area contributed by atoms with Gasteiger partial charge in [0.05, 0.1) is 11.6 Å². The molecule has 2 rings (SSSR count). The summed E-state index contributed by atoms with van der Waals surface area (Å²) in [5.74, 6) is 1.64. The number of aromatic amines is 1. The molecule has 1 heterocycles. The smallest absolute Gasteiger partial charge is 0.208 e. The predicted molar refractivity (Wildman–Crippen MR) is 66.6 cm³/mol. The first-order valence-electron chi connectivity index (χ1n) is 5.20. The van der Waals surface area contributed by atoms with Gasteiger partial charge >= 0.3 is 0 Å². The van der Waals surface area contributed by atoms with Crippen LogP contribution >= 0.6 is 11.8 Å². The third-order valence-electron chi connectivity index (χ3n) is 2.41. The molecule has 0 saturated heterocycles. The third-order valence-corrected chi connectivity index (χ3v) is 3.30. The molecule has 17 heavy (non-hydrogen) atoms. The molecule has 2 aromatic rings. The summed E-state index contributed by atoms with van der Waals surface area (Å²) in [7, 11) is 0. The molecule has 0 aliphatic rings. The Balaban J connectivity index is 2.07. The highest BCUT2D eigenvalue weighted by molar-refractivity contribution is 7.98. The number of benzene rings is 1. The first-order chi connectivity index (χ1) is 8.19. The highest BCUT2D eigenvalue weighted by atomic mass is 32.2. The van der Waals surface area contributed by atoms with Crippen molar-refractivity contribution in [3.63, 3.8) is 0 Å². The summed E-state index contributed by atoms with van der Waals surface area (Å²) in [4.78, 5) is 4.23. The molecule has 0 saturated carbocycles. The van der Waals surface area contributed by atoms with Crippen LogP contribution in [-0.4, -0.2) is 15.2 Å². The Morgan fingerprint density at radius 3 is 2.82 bits per heavy atom. The van der Waals surface area contributed by atoms with Crippen molar-refractivity contribution in [2.75, 3.05) is 0 Å². The summed E-state index contributed by atoms with van der Waals surface area (Å²) in [6, 6.07) is 7.86. The molecule has 0 aliphatic heterocycles. The van der Waals surface area contributed by atoms with Gasteiger partial charge in [0.2, 0.25) is 5.16 Å². The molecule has 1 aromatic heterocycles. The molecule has 0 bridgehead atoms. The zero-order valence-corrected chi connectivity index (χ0v) is 10.5. The molecule has 5 heteroatoms. The van der Waals surface area contributed by atoms with Crippen LogP contribution in [0.5, 0.6) is 0 Å². The van der Waals surface area contributed by atoms with Gasteiger partial charge in [-0.3, -0.25) is 5.10 Å². The van der Waals surface area contributed by atoms with Crippen molar-refractivity contribution in [3.05, 3.63) is 40.7 Å². The Kier molecular flexibility index (Phi) is 3.45. The number of hydrogen-bond donors (Lipinski definition) is 1. The van der Waals surface area contributed by atoms with Crippen molar-refractivity contribution in [1.29, 1.82) is 5.26 Å². The van der Waals surface area contributed by atoms with Crippen molar-refractivity contribution in [1.82, 2.24) is 15.2 Å². The van der Waals surface area contributed by atoms with Gasteiger partial charge in [-0.15, -0.1) is 5.10 Å². The van der Waals surface area contributed by atoms with E-state index in [0.29, 0.717) is 5.56 Å². The quantitative estimate of drug-likeness (QED) is 0.843. The van der Waals surface area contributed by atoms with Gasteiger partial charge in [-0.2, -0.15) is 5.26 Å². The molecule has 0 atom stereocenters. The lowest BCUT2D eigenvalue weighted by molar-refractivity contribution is 0.969. The number of nitrogens with zero attached hydrogens (tertiary/aromatic N) is 3. The molecule has 0 radical (unpaired) electrons. The number of rotatable bonds is 3. The standard InChI is InChI=1S/C12H12N4S/c1-8-5-10(6-13)3-4-11(8)7-17-12-14-9(2)15-16-12/h3-5H,7H2,1-2H3,(H,14,15,16). The Morgan fingerprint density at radius 1 is 1.41 bits per heavy atom. The largest absolute Gasteiger partial charge is 0.262 e. The molecule has 0 aliphatic carbocycles. The maximum absolute atomic E-state index is 8.78. The summed E-state index contributed by atoms with van der Waals surface area (Å²) in [6.45, 7) is 3.89. The van der Waals surface area contributed by atoms with Crippen LogP contribution in [0.4, 0.5) is 0 Å². The Bertz CT molecular complexity index is 568. The number of H-pyrrole nitrogens is 1. The SMILES string of the molecule is Cc1nc(SCc2ccc(C#N)cc2C)n[nH]1. The van der Waals surface area contributed by atoms with E-state index in [4.69, 9.17) is 5.26 Å². The van der Waals surface area contributed by atoms with Crippen LogP contribution in [0, 0.1) is 25.2 Å². The van der Waals surface area contributed by atoms with E-state index in [1.165, 1.54) is 5.56 Å². The average Bonchev–Trinajstić information content (AvgIpc) is 2.73. The topological polar surface area (TPSA) is 65.4 Å². The fourth-order valence-corrected chi connectivity index (χ4v) is 2.38. The number of aryl methyl sites for hydroxylation is 2. The van der Waals surface area contributed by atoms with E-state index in [1.54, 1.807) is 11.8 Å². The number of aromatic nitrogens is 3. The molecular weight excluding hydrogens is 232 g/mol. The lowest BCUT2D eigenvalue weighted by Gasteiger charge is -2.03. The van der Waals surface area contributed by atoms with Crippen molar-refractivity contribution in [3.8, 4) is 6.07 Å². The van der Waals surface area contributed by atoms with Crippen LogP contribution in [0.3, 0.4) is 0 Å². The monoisotopic (exact) mass is 244 g/mol. The summed E-state index contributed by atoms with van der Waals surface area (Å²) >= 11 is 1.59. The molecule has 0 spiro atoms. The van der Waals surface area contributed by atoms with Crippen molar-refractivity contribution >= 4 is 11.8 Å². The lowest BCUT2D eigenvalue weighted by atomic mass is 10.1. The van der Waals surface area contributed by atoms with Crippen molar-refractivity contribution in [2.45, 2.75) is 24.8 Å². The van der Waals surface area contributed by atoms with Gasteiger partial charge in [0, 0.05) is 5.75 Å². The summed E-state index contributed by atoms with van der Waals surface area (Å²) in [6.07, 6.45) is 0. The number of thioether (sulfide) groups is 1. The second kappa shape index (κ2) is 5.02. The van der Waals surface area contributed by atoms with Crippen LogP contribution in [0.1, 0.15) is 22.5 Å². The lowest BCUT2D eigenvalue weighted by Crippen LogP contribution is -1.88. The zero-order chi connectivity index (χ0) is 12.3. The summed E-state index contributed by atoms with van der Waals surface area (Å²) in [5, 5.41) is 16.4. The van der Waals surface area contributed by atoms with Crippen molar-refractivity contribution < 1.29 is 0 Å². The zero-order valence-electron chi connectivity index (χ0n) is 9.69. The molecule has 86 valence electrons. The highest BCUT2D eigenvalue weighted by Crippen LogP contribution is 2.21. The first-order valence-corrected chi connectivity index (χ1v) is 6.19. The van der Waals surface area contributed by atoms with Gasteiger partial charge in [0.15, 0.2) is 0 Å². The molecule has 4 nitrogen and oxygen atoms in total. The van der Waals surface area contributed by atoms with Crippen LogP contribution in [0.15, 0.2) is 23.4 Å². The summed E-state index contributed by atoms with van der Waals surface area (Å²) < 4.78 is 0. The van der Waals surface area contributed by atoms with Gasteiger partial charge in [-0.1, -0.05) is 17.8 Å². The van der Waals surface area contributed by atoms with E-state index >= 15 is 0 Å².